The van der Waals surface area contributed by atoms with Crippen molar-refractivity contribution in [3.63, 3.8) is 0 Å². The van der Waals surface area contributed by atoms with Gasteiger partial charge in [-0.3, -0.25) is 4.79 Å². The summed E-state index contributed by atoms with van der Waals surface area (Å²) in [7, 11) is 0. The zero-order valence-electron chi connectivity index (χ0n) is 13.4. The van der Waals surface area contributed by atoms with Crippen molar-refractivity contribution in [2.24, 2.45) is 0 Å². The summed E-state index contributed by atoms with van der Waals surface area (Å²) < 4.78 is 7.20. The summed E-state index contributed by atoms with van der Waals surface area (Å²) in [6.45, 7) is 3.14. The molecule has 1 aliphatic carbocycles. The van der Waals surface area contributed by atoms with Crippen LogP contribution >= 0.6 is 0 Å². The van der Waals surface area contributed by atoms with E-state index in [1.165, 1.54) is 0 Å². The fourth-order valence-electron chi connectivity index (χ4n) is 3.34. The molecule has 4 heterocycles. The molecule has 0 aromatic carbocycles. The quantitative estimate of drug-likeness (QED) is 0.722. The van der Waals surface area contributed by atoms with Crippen molar-refractivity contribution in [1.29, 1.82) is 0 Å². The molecule has 122 valence electrons. The van der Waals surface area contributed by atoms with E-state index in [2.05, 4.69) is 15.2 Å². The smallest absolute Gasteiger partial charge is 0.276 e. The van der Waals surface area contributed by atoms with Crippen molar-refractivity contribution in [2.45, 2.75) is 38.6 Å². The second kappa shape index (κ2) is 4.90. The van der Waals surface area contributed by atoms with Crippen LogP contribution in [0.25, 0.3) is 5.65 Å². The molecule has 1 fully saturated rings. The van der Waals surface area contributed by atoms with Crippen LogP contribution in [0.2, 0.25) is 0 Å². The van der Waals surface area contributed by atoms with E-state index < -0.39 is 0 Å². The molecule has 3 aromatic rings. The summed E-state index contributed by atoms with van der Waals surface area (Å²) >= 11 is 0. The molecule has 2 aliphatic rings. The lowest BCUT2D eigenvalue weighted by Gasteiger charge is -2.28. The molecule has 1 saturated carbocycles. The van der Waals surface area contributed by atoms with Crippen molar-refractivity contribution in [3.05, 3.63) is 46.7 Å². The summed E-state index contributed by atoms with van der Waals surface area (Å²) in [4.78, 5) is 18.9. The molecule has 7 heteroatoms. The van der Waals surface area contributed by atoms with Crippen molar-refractivity contribution < 1.29 is 9.32 Å². The van der Waals surface area contributed by atoms with Gasteiger partial charge in [-0.2, -0.15) is 5.10 Å². The van der Waals surface area contributed by atoms with E-state index in [4.69, 9.17) is 4.52 Å². The normalized spacial score (nSPS) is 17.3. The summed E-state index contributed by atoms with van der Waals surface area (Å²) in [5.74, 6) is 1.22. The van der Waals surface area contributed by atoms with Crippen LogP contribution in [0.1, 0.15) is 52.0 Å². The first-order valence-corrected chi connectivity index (χ1v) is 8.28. The lowest BCUT2D eigenvalue weighted by atomic mass is 10.1. The molecule has 0 spiro atoms. The number of amides is 1. The lowest BCUT2D eigenvalue weighted by Crippen LogP contribution is -2.37. The molecular formula is C17H17N5O2. The van der Waals surface area contributed by atoms with Gasteiger partial charge in [-0.1, -0.05) is 5.16 Å². The second-order valence-electron chi connectivity index (χ2n) is 6.65. The van der Waals surface area contributed by atoms with Crippen LogP contribution in [-0.4, -0.2) is 37.1 Å². The Labute approximate surface area is 138 Å². The molecule has 24 heavy (non-hydrogen) atoms. The number of aryl methyl sites for hydroxylation is 1. The molecule has 0 radical (unpaired) electrons. The van der Waals surface area contributed by atoms with Gasteiger partial charge in [0.2, 0.25) is 0 Å². The molecule has 0 saturated heterocycles. The average molecular weight is 323 g/mol. The van der Waals surface area contributed by atoms with E-state index in [1.54, 1.807) is 11.0 Å². The van der Waals surface area contributed by atoms with E-state index in [1.807, 2.05) is 23.7 Å². The molecule has 0 atom stereocenters. The summed E-state index contributed by atoms with van der Waals surface area (Å²) in [6, 6.07) is 3.76. The van der Waals surface area contributed by atoms with Crippen molar-refractivity contribution in [3.8, 4) is 0 Å². The molecule has 1 aliphatic heterocycles. The number of fused-ring (bicyclic) bond motifs is 3. The molecule has 0 unspecified atom stereocenters. The maximum absolute atomic E-state index is 12.7. The van der Waals surface area contributed by atoms with Gasteiger partial charge < -0.3 is 9.42 Å². The predicted octanol–water partition coefficient (Wildman–Crippen LogP) is 2.10. The highest BCUT2D eigenvalue weighted by atomic mass is 16.5. The first-order chi connectivity index (χ1) is 11.7. The number of hydrogen-bond donors (Lipinski definition) is 0. The zero-order valence-corrected chi connectivity index (χ0v) is 13.4. The van der Waals surface area contributed by atoms with Crippen molar-refractivity contribution in [2.75, 3.05) is 6.54 Å². The van der Waals surface area contributed by atoms with Gasteiger partial charge in [0, 0.05) is 49.3 Å². The third-order valence-electron chi connectivity index (χ3n) is 4.79. The van der Waals surface area contributed by atoms with E-state index in [0.717, 1.165) is 47.6 Å². The maximum atomic E-state index is 12.7. The van der Waals surface area contributed by atoms with Crippen LogP contribution in [0.3, 0.4) is 0 Å². The maximum Gasteiger partial charge on any atom is 0.276 e. The Morgan fingerprint density at radius 2 is 2.21 bits per heavy atom. The highest BCUT2D eigenvalue weighted by molar-refractivity contribution is 5.92. The summed E-state index contributed by atoms with van der Waals surface area (Å²) in [5.41, 5.74) is 4.39. The minimum atomic E-state index is -0.0759. The number of carbonyl (C=O) groups excluding carboxylic acids is 1. The molecule has 0 N–H and O–H groups in total. The summed E-state index contributed by atoms with van der Waals surface area (Å²) in [5, 5.41) is 8.47. The number of rotatable bonds is 2. The predicted molar refractivity (Wildman–Crippen MR) is 84.6 cm³/mol. The van der Waals surface area contributed by atoms with E-state index in [0.29, 0.717) is 24.7 Å². The molecule has 7 nitrogen and oxygen atoms in total. The van der Waals surface area contributed by atoms with Crippen molar-refractivity contribution >= 4 is 11.6 Å². The van der Waals surface area contributed by atoms with Crippen LogP contribution in [0.15, 0.2) is 22.9 Å². The highest BCUT2D eigenvalue weighted by Gasteiger charge is 2.31. The van der Waals surface area contributed by atoms with Crippen LogP contribution < -0.4 is 0 Å². The first-order valence-electron chi connectivity index (χ1n) is 8.28. The molecule has 3 aromatic heterocycles. The van der Waals surface area contributed by atoms with Gasteiger partial charge >= 0.3 is 0 Å². The number of nitrogens with zero attached hydrogens (tertiary/aromatic N) is 5. The Morgan fingerprint density at radius 3 is 3.04 bits per heavy atom. The fourth-order valence-corrected chi connectivity index (χ4v) is 3.34. The minimum absolute atomic E-state index is 0.0759. The van der Waals surface area contributed by atoms with Crippen LogP contribution in [0.4, 0.5) is 0 Å². The van der Waals surface area contributed by atoms with E-state index >= 15 is 0 Å². The molecule has 0 bridgehead atoms. The number of carbonyl (C=O) groups is 1. The van der Waals surface area contributed by atoms with Gasteiger partial charge in [0.25, 0.3) is 5.91 Å². The average Bonchev–Trinajstić information content (AvgIpc) is 3.19. The molecule has 5 rings (SSSR count). The van der Waals surface area contributed by atoms with E-state index in [9.17, 15) is 4.79 Å². The first kappa shape index (κ1) is 13.7. The van der Waals surface area contributed by atoms with Crippen LogP contribution in [-0.2, 0) is 13.0 Å². The van der Waals surface area contributed by atoms with Crippen LogP contribution in [0, 0.1) is 6.92 Å². The zero-order chi connectivity index (χ0) is 16.3. The Balaban J connectivity index is 1.43. The van der Waals surface area contributed by atoms with Gasteiger partial charge in [-0.15, -0.1) is 0 Å². The Kier molecular flexibility index (Phi) is 2.80. The third kappa shape index (κ3) is 2.11. The van der Waals surface area contributed by atoms with Crippen LogP contribution in [0.5, 0.6) is 0 Å². The number of aromatic nitrogens is 4. The van der Waals surface area contributed by atoms with Gasteiger partial charge in [0.15, 0.2) is 11.3 Å². The SMILES string of the molecule is Cc1cc2ncc3c(n2n1)CCN(C(=O)c1cc(C2CC2)on1)C3. The van der Waals surface area contributed by atoms with E-state index in [-0.39, 0.29) is 5.91 Å². The standard InChI is InChI=1S/C17H17N5O2/c1-10-6-16-18-8-12-9-21(5-4-14(12)22(16)19-10)17(23)13-7-15(24-20-13)11-2-3-11/h6-8,11H,2-5,9H2,1H3. The van der Waals surface area contributed by atoms with Gasteiger partial charge in [0.05, 0.1) is 11.4 Å². The minimum Gasteiger partial charge on any atom is -0.360 e. The fraction of sp³-hybridized carbons (Fsp3) is 0.412. The lowest BCUT2D eigenvalue weighted by molar-refractivity contribution is 0.0722. The van der Waals surface area contributed by atoms with Gasteiger partial charge in [-0.25, -0.2) is 9.50 Å². The summed E-state index contributed by atoms with van der Waals surface area (Å²) in [6.07, 6.45) is 4.87. The largest absolute Gasteiger partial charge is 0.360 e. The number of hydrogen-bond acceptors (Lipinski definition) is 5. The Hall–Kier alpha value is -2.70. The molecule has 1 amide bonds. The topological polar surface area (TPSA) is 76.5 Å². The van der Waals surface area contributed by atoms with Gasteiger partial charge in [0.1, 0.15) is 5.76 Å². The Morgan fingerprint density at radius 1 is 1.33 bits per heavy atom. The highest BCUT2D eigenvalue weighted by Crippen LogP contribution is 2.40. The second-order valence-corrected chi connectivity index (χ2v) is 6.65. The van der Waals surface area contributed by atoms with Gasteiger partial charge in [-0.05, 0) is 19.8 Å². The monoisotopic (exact) mass is 323 g/mol. The third-order valence-corrected chi connectivity index (χ3v) is 4.79. The van der Waals surface area contributed by atoms with Crippen molar-refractivity contribution in [1.82, 2.24) is 24.7 Å². The molecular weight excluding hydrogens is 306 g/mol. The Bertz CT molecular complexity index is 953.